The predicted molar refractivity (Wildman–Crippen MR) is 59.2 cm³/mol. The maximum atomic E-state index is 13.3. The van der Waals surface area contributed by atoms with Crippen LogP contribution in [0, 0.1) is 5.82 Å². The van der Waals surface area contributed by atoms with Crippen LogP contribution in [-0.2, 0) is 0 Å². The highest BCUT2D eigenvalue weighted by Crippen LogP contribution is 2.24. The summed E-state index contributed by atoms with van der Waals surface area (Å²) in [5.74, 6) is -0.836. The van der Waals surface area contributed by atoms with Crippen LogP contribution in [0.3, 0.4) is 0 Å². The highest BCUT2D eigenvalue weighted by Gasteiger charge is 2.14. The van der Waals surface area contributed by atoms with Crippen LogP contribution in [0.5, 0.6) is 0 Å². The number of hydrogen-bond acceptors (Lipinski definition) is 2. The first-order valence-electron chi connectivity index (χ1n) is 4.23. The van der Waals surface area contributed by atoms with E-state index < -0.39 is 5.82 Å². The summed E-state index contributed by atoms with van der Waals surface area (Å²) in [6.07, 6.45) is 0. The first kappa shape index (κ1) is 10.3. The Morgan fingerprint density at radius 1 is 1.20 bits per heavy atom. The van der Waals surface area contributed by atoms with Crippen molar-refractivity contribution in [3.8, 4) is 0 Å². The van der Waals surface area contributed by atoms with Gasteiger partial charge < -0.3 is 0 Å². The van der Waals surface area contributed by atoms with Crippen molar-refractivity contribution in [3.63, 3.8) is 0 Å². The molecule has 0 saturated heterocycles. The van der Waals surface area contributed by atoms with E-state index >= 15 is 0 Å². The summed E-state index contributed by atoms with van der Waals surface area (Å²) < 4.78 is 13.8. The van der Waals surface area contributed by atoms with Crippen LogP contribution in [0.4, 0.5) is 4.39 Å². The summed E-state index contributed by atoms with van der Waals surface area (Å²) in [5, 5.41) is 0. The Hall–Kier alpha value is -1.19. The zero-order valence-corrected chi connectivity index (χ0v) is 9.11. The number of rotatable bonds is 2. The van der Waals surface area contributed by atoms with Crippen molar-refractivity contribution in [1.29, 1.82) is 0 Å². The normalized spacial score (nSPS) is 10.3. The minimum atomic E-state index is -0.507. The van der Waals surface area contributed by atoms with Crippen molar-refractivity contribution in [3.05, 3.63) is 57.0 Å². The second kappa shape index (κ2) is 4.13. The maximum Gasteiger partial charge on any atom is 0.205 e. The second-order valence-corrected chi connectivity index (χ2v) is 4.63. The Bertz CT molecular complexity index is 507. The van der Waals surface area contributed by atoms with Crippen LogP contribution in [0.1, 0.15) is 15.2 Å². The summed E-state index contributed by atoms with van der Waals surface area (Å²) in [4.78, 5) is 12.2. The molecule has 0 unspecified atom stereocenters. The van der Waals surface area contributed by atoms with Gasteiger partial charge in [0, 0.05) is 0 Å². The van der Waals surface area contributed by atoms with Gasteiger partial charge in [-0.3, -0.25) is 4.79 Å². The molecule has 0 fully saturated rings. The zero-order valence-electron chi connectivity index (χ0n) is 7.54. The molecule has 0 spiro atoms. The minimum Gasteiger partial charge on any atom is -0.288 e. The van der Waals surface area contributed by atoms with E-state index in [9.17, 15) is 9.18 Å². The van der Waals surface area contributed by atoms with E-state index in [1.807, 2.05) is 0 Å². The molecule has 0 atom stereocenters. The molecular formula is C11H6ClFOS. The third-order valence-corrected chi connectivity index (χ3v) is 3.15. The lowest BCUT2D eigenvalue weighted by atomic mass is 10.1. The fourth-order valence-electron chi connectivity index (χ4n) is 1.21. The Morgan fingerprint density at radius 3 is 2.53 bits per heavy atom. The summed E-state index contributed by atoms with van der Waals surface area (Å²) >= 11 is 6.85. The number of carbonyl (C=O) groups is 1. The van der Waals surface area contributed by atoms with E-state index in [1.54, 1.807) is 24.3 Å². The monoisotopic (exact) mass is 240 g/mol. The van der Waals surface area contributed by atoms with E-state index in [-0.39, 0.29) is 11.3 Å². The molecule has 0 aliphatic rings. The molecule has 0 N–H and O–H groups in total. The van der Waals surface area contributed by atoms with E-state index in [4.69, 9.17) is 11.6 Å². The molecule has 2 aromatic rings. The molecule has 76 valence electrons. The van der Waals surface area contributed by atoms with Crippen molar-refractivity contribution in [2.24, 2.45) is 0 Å². The molecule has 0 amide bonds. The standard InChI is InChI=1S/C11H6ClFOS/c12-10-6-5-9(15-10)11(14)7-3-1-2-4-8(7)13/h1-6H. The van der Waals surface area contributed by atoms with Crippen molar-refractivity contribution in [2.75, 3.05) is 0 Å². The fourth-order valence-corrected chi connectivity index (χ4v) is 2.21. The molecule has 1 heterocycles. The third kappa shape index (κ3) is 2.08. The summed E-state index contributed by atoms with van der Waals surface area (Å²) in [5.41, 5.74) is 0.0796. The topological polar surface area (TPSA) is 17.1 Å². The second-order valence-electron chi connectivity index (χ2n) is 2.91. The fraction of sp³-hybridized carbons (Fsp3) is 0. The van der Waals surface area contributed by atoms with Gasteiger partial charge in [-0.1, -0.05) is 23.7 Å². The van der Waals surface area contributed by atoms with Crippen LogP contribution >= 0.6 is 22.9 Å². The van der Waals surface area contributed by atoms with Crippen molar-refractivity contribution < 1.29 is 9.18 Å². The van der Waals surface area contributed by atoms with Crippen LogP contribution < -0.4 is 0 Å². The SMILES string of the molecule is O=C(c1ccc(Cl)s1)c1ccccc1F. The van der Waals surface area contributed by atoms with Crippen LogP contribution in [-0.4, -0.2) is 5.78 Å². The van der Waals surface area contributed by atoms with Crippen LogP contribution in [0.25, 0.3) is 0 Å². The predicted octanol–water partition coefficient (Wildman–Crippen LogP) is 3.77. The first-order valence-corrected chi connectivity index (χ1v) is 5.42. The molecule has 1 nitrogen and oxygen atoms in total. The number of carbonyl (C=O) groups excluding carboxylic acids is 1. The van der Waals surface area contributed by atoms with Gasteiger partial charge in [0.05, 0.1) is 14.8 Å². The largest absolute Gasteiger partial charge is 0.288 e. The van der Waals surface area contributed by atoms with Crippen LogP contribution in [0.2, 0.25) is 4.34 Å². The lowest BCUT2D eigenvalue weighted by Gasteiger charge is -1.98. The van der Waals surface area contributed by atoms with Crippen LogP contribution in [0.15, 0.2) is 36.4 Å². The summed E-state index contributed by atoms with van der Waals surface area (Å²) in [7, 11) is 0. The molecule has 0 aliphatic heterocycles. The van der Waals surface area contributed by atoms with Gasteiger partial charge in [-0.25, -0.2) is 4.39 Å². The molecule has 0 aliphatic carbocycles. The van der Waals surface area contributed by atoms with Gasteiger partial charge >= 0.3 is 0 Å². The highest BCUT2D eigenvalue weighted by molar-refractivity contribution is 7.18. The Balaban J connectivity index is 2.41. The van der Waals surface area contributed by atoms with Gasteiger partial charge in [0.25, 0.3) is 0 Å². The van der Waals surface area contributed by atoms with Gasteiger partial charge in [-0.15, -0.1) is 11.3 Å². The van der Waals surface area contributed by atoms with Gasteiger partial charge in [-0.05, 0) is 24.3 Å². The molecule has 2 rings (SSSR count). The average Bonchev–Trinajstić information content (AvgIpc) is 2.65. The quantitative estimate of drug-likeness (QED) is 0.731. The Morgan fingerprint density at radius 2 is 1.93 bits per heavy atom. The number of ketones is 1. The molecule has 0 saturated carbocycles. The molecule has 4 heteroatoms. The smallest absolute Gasteiger partial charge is 0.205 e. The van der Waals surface area contributed by atoms with E-state index in [0.717, 1.165) is 11.3 Å². The van der Waals surface area contributed by atoms with Crippen molar-refractivity contribution >= 4 is 28.7 Å². The first-order chi connectivity index (χ1) is 7.18. The maximum absolute atomic E-state index is 13.3. The molecule has 1 aromatic carbocycles. The average molecular weight is 241 g/mol. The molecule has 1 aromatic heterocycles. The number of thiophene rings is 1. The Labute approximate surface area is 95.1 Å². The van der Waals surface area contributed by atoms with Gasteiger partial charge in [0.1, 0.15) is 5.82 Å². The highest BCUT2D eigenvalue weighted by atomic mass is 35.5. The van der Waals surface area contributed by atoms with Gasteiger partial charge in [0.15, 0.2) is 0 Å². The zero-order chi connectivity index (χ0) is 10.8. The van der Waals surface area contributed by atoms with Crippen molar-refractivity contribution in [2.45, 2.75) is 0 Å². The van der Waals surface area contributed by atoms with E-state index in [2.05, 4.69) is 0 Å². The Kier molecular flexibility index (Phi) is 2.84. The number of benzene rings is 1. The summed E-state index contributed by atoms with van der Waals surface area (Å²) in [6.45, 7) is 0. The molecule has 0 radical (unpaired) electrons. The number of halogens is 2. The summed E-state index contributed by atoms with van der Waals surface area (Å²) in [6, 6.07) is 9.13. The van der Waals surface area contributed by atoms with E-state index in [0.29, 0.717) is 9.21 Å². The van der Waals surface area contributed by atoms with Crippen molar-refractivity contribution in [1.82, 2.24) is 0 Å². The van der Waals surface area contributed by atoms with Gasteiger partial charge in [-0.2, -0.15) is 0 Å². The lowest BCUT2D eigenvalue weighted by molar-refractivity contribution is 0.103. The van der Waals surface area contributed by atoms with Gasteiger partial charge in [0.2, 0.25) is 5.78 Å². The molecule has 15 heavy (non-hydrogen) atoms. The lowest BCUT2D eigenvalue weighted by Crippen LogP contribution is -2.01. The molecular weight excluding hydrogens is 235 g/mol. The third-order valence-electron chi connectivity index (χ3n) is 1.92. The van der Waals surface area contributed by atoms with E-state index in [1.165, 1.54) is 12.1 Å². The number of hydrogen-bond donors (Lipinski definition) is 0. The minimum absolute atomic E-state index is 0.0796. The molecule has 0 bridgehead atoms.